The number of amides is 1. The number of benzene rings is 2. The summed E-state index contributed by atoms with van der Waals surface area (Å²) in [4.78, 5) is 22.1. The fourth-order valence-electron chi connectivity index (χ4n) is 3.63. The van der Waals surface area contributed by atoms with E-state index in [1.807, 2.05) is 42.2 Å². The number of rotatable bonds is 5. The molecule has 1 aliphatic heterocycles. The van der Waals surface area contributed by atoms with Crippen LogP contribution in [0.25, 0.3) is 10.2 Å². The van der Waals surface area contributed by atoms with Crippen molar-refractivity contribution in [2.45, 2.75) is 19.9 Å². The first kappa shape index (κ1) is 18.9. The molecule has 2 heterocycles. The van der Waals surface area contributed by atoms with Crippen molar-refractivity contribution in [2.75, 3.05) is 32.8 Å². The van der Waals surface area contributed by atoms with E-state index >= 15 is 0 Å². The van der Waals surface area contributed by atoms with Crippen LogP contribution in [0.2, 0.25) is 0 Å². The topological polar surface area (TPSA) is 45.7 Å². The highest BCUT2D eigenvalue weighted by atomic mass is 32.1. The molecule has 1 unspecified atom stereocenters. The molecule has 146 valence electrons. The second-order valence-corrected chi connectivity index (χ2v) is 8.02. The van der Waals surface area contributed by atoms with Gasteiger partial charge in [0.2, 0.25) is 0 Å². The Bertz CT molecular complexity index is 930. The van der Waals surface area contributed by atoms with Crippen LogP contribution in [0.1, 0.15) is 35.3 Å². The number of fused-ring (bicyclic) bond motifs is 1. The van der Waals surface area contributed by atoms with Crippen LogP contribution in [-0.2, 0) is 0 Å². The van der Waals surface area contributed by atoms with E-state index in [1.165, 1.54) is 4.70 Å². The molecular formula is C22H25N3O2S. The summed E-state index contributed by atoms with van der Waals surface area (Å²) in [6.45, 7) is 7.82. The second-order valence-electron chi connectivity index (χ2n) is 6.95. The monoisotopic (exact) mass is 395 g/mol. The lowest BCUT2D eigenvalue weighted by Crippen LogP contribution is -2.49. The summed E-state index contributed by atoms with van der Waals surface area (Å²) >= 11 is 1.76. The Morgan fingerprint density at radius 3 is 2.57 bits per heavy atom. The van der Waals surface area contributed by atoms with Gasteiger partial charge in [-0.15, -0.1) is 11.3 Å². The minimum absolute atomic E-state index is 0.0522. The first-order valence-electron chi connectivity index (χ1n) is 9.78. The molecule has 3 aromatic rings. The van der Waals surface area contributed by atoms with Gasteiger partial charge in [0, 0.05) is 26.2 Å². The zero-order chi connectivity index (χ0) is 19.5. The number of aromatic nitrogens is 1. The molecule has 0 bridgehead atoms. The molecule has 0 saturated carbocycles. The third kappa shape index (κ3) is 3.75. The first-order chi connectivity index (χ1) is 13.7. The van der Waals surface area contributed by atoms with Crippen LogP contribution in [-0.4, -0.2) is 53.5 Å². The van der Waals surface area contributed by atoms with Gasteiger partial charge in [-0.05, 0) is 38.1 Å². The predicted octanol–water partition coefficient (Wildman–Crippen LogP) is 4.21. The minimum Gasteiger partial charge on any atom is -0.493 e. The van der Waals surface area contributed by atoms with Crippen molar-refractivity contribution >= 4 is 27.5 Å². The van der Waals surface area contributed by atoms with Gasteiger partial charge < -0.3 is 9.64 Å². The summed E-state index contributed by atoms with van der Waals surface area (Å²) < 4.78 is 6.86. The standard InChI is InChI=1S/C22H25N3O2S/c1-3-27-19-10-6-4-8-17(19)22(26)25-14-12-24(13-15-25)16(2)21-23-18-9-5-7-11-20(18)28-21/h4-11,16H,3,12-15H2,1-2H3. The Hall–Kier alpha value is -2.44. The van der Waals surface area contributed by atoms with Crippen molar-refractivity contribution in [2.24, 2.45) is 0 Å². The van der Waals surface area contributed by atoms with E-state index in [9.17, 15) is 4.79 Å². The van der Waals surface area contributed by atoms with Gasteiger partial charge in [0.1, 0.15) is 10.8 Å². The number of nitrogens with zero attached hydrogens (tertiary/aromatic N) is 3. The van der Waals surface area contributed by atoms with Crippen LogP contribution in [0.4, 0.5) is 0 Å². The summed E-state index contributed by atoms with van der Waals surface area (Å²) in [5, 5.41) is 1.14. The maximum Gasteiger partial charge on any atom is 0.257 e. The molecule has 0 radical (unpaired) electrons. The van der Waals surface area contributed by atoms with Crippen molar-refractivity contribution in [1.29, 1.82) is 0 Å². The summed E-state index contributed by atoms with van der Waals surface area (Å²) in [6, 6.07) is 16.0. The fraction of sp³-hybridized carbons (Fsp3) is 0.364. The number of thiazole rings is 1. The number of hydrogen-bond acceptors (Lipinski definition) is 5. The Kier molecular flexibility index (Phi) is 5.59. The molecule has 6 heteroatoms. The molecule has 1 amide bonds. The Balaban J connectivity index is 1.42. The lowest BCUT2D eigenvalue weighted by molar-refractivity contribution is 0.0578. The molecule has 2 aromatic carbocycles. The smallest absolute Gasteiger partial charge is 0.257 e. The molecular weight excluding hydrogens is 370 g/mol. The van der Waals surface area contributed by atoms with Gasteiger partial charge in [0.15, 0.2) is 0 Å². The maximum atomic E-state index is 13.0. The molecule has 1 fully saturated rings. The number of ether oxygens (including phenoxy) is 1. The molecule has 0 spiro atoms. The normalized spacial score (nSPS) is 16.3. The predicted molar refractivity (Wildman–Crippen MR) is 113 cm³/mol. The Morgan fingerprint density at radius 1 is 1.11 bits per heavy atom. The molecule has 0 aliphatic carbocycles. The number of carbonyl (C=O) groups excluding carboxylic acids is 1. The summed E-state index contributed by atoms with van der Waals surface area (Å²) in [5.41, 5.74) is 1.72. The van der Waals surface area contributed by atoms with Crippen LogP contribution in [0.3, 0.4) is 0 Å². The molecule has 0 N–H and O–H groups in total. The summed E-state index contributed by atoms with van der Waals surface area (Å²) in [6.07, 6.45) is 0. The van der Waals surface area contributed by atoms with Gasteiger partial charge in [0.25, 0.3) is 5.91 Å². The fourth-order valence-corrected chi connectivity index (χ4v) is 4.69. The van der Waals surface area contributed by atoms with E-state index < -0.39 is 0 Å². The number of carbonyl (C=O) groups is 1. The van der Waals surface area contributed by atoms with Crippen molar-refractivity contribution in [3.05, 3.63) is 59.1 Å². The van der Waals surface area contributed by atoms with E-state index in [0.717, 1.165) is 23.6 Å². The molecule has 1 aliphatic rings. The lowest BCUT2D eigenvalue weighted by Gasteiger charge is -2.37. The quantitative estimate of drug-likeness (QED) is 0.649. The Morgan fingerprint density at radius 2 is 1.82 bits per heavy atom. The largest absolute Gasteiger partial charge is 0.493 e. The third-order valence-electron chi connectivity index (χ3n) is 5.23. The third-order valence-corrected chi connectivity index (χ3v) is 6.44. The summed E-state index contributed by atoms with van der Waals surface area (Å²) in [7, 11) is 0. The maximum absolute atomic E-state index is 13.0. The molecule has 1 aromatic heterocycles. The van der Waals surface area contributed by atoms with Crippen LogP contribution >= 0.6 is 11.3 Å². The van der Waals surface area contributed by atoms with E-state index in [4.69, 9.17) is 9.72 Å². The zero-order valence-electron chi connectivity index (χ0n) is 16.3. The van der Waals surface area contributed by atoms with Crippen LogP contribution in [0.5, 0.6) is 5.75 Å². The number of piperazine rings is 1. The van der Waals surface area contributed by atoms with Crippen LogP contribution in [0.15, 0.2) is 48.5 Å². The highest BCUT2D eigenvalue weighted by molar-refractivity contribution is 7.18. The van der Waals surface area contributed by atoms with Gasteiger partial charge in [-0.2, -0.15) is 0 Å². The van der Waals surface area contributed by atoms with E-state index in [1.54, 1.807) is 11.3 Å². The van der Waals surface area contributed by atoms with Gasteiger partial charge >= 0.3 is 0 Å². The van der Waals surface area contributed by atoms with Crippen molar-refractivity contribution < 1.29 is 9.53 Å². The van der Waals surface area contributed by atoms with E-state index in [0.29, 0.717) is 31.0 Å². The average molecular weight is 396 g/mol. The summed E-state index contributed by atoms with van der Waals surface area (Å²) in [5.74, 6) is 0.719. The lowest BCUT2D eigenvalue weighted by atomic mass is 10.1. The zero-order valence-corrected chi connectivity index (χ0v) is 17.1. The number of para-hydroxylation sites is 2. The molecule has 4 rings (SSSR count). The van der Waals surface area contributed by atoms with Gasteiger partial charge in [0.05, 0.1) is 28.4 Å². The average Bonchev–Trinajstić information content (AvgIpc) is 3.18. The molecule has 28 heavy (non-hydrogen) atoms. The van der Waals surface area contributed by atoms with Gasteiger partial charge in [-0.1, -0.05) is 24.3 Å². The second kappa shape index (κ2) is 8.29. The highest BCUT2D eigenvalue weighted by Gasteiger charge is 2.28. The molecule has 1 saturated heterocycles. The molecule has 1 atom stereocenters. The SMILES string of the molecule is CCOc1ccccc1C(=O)N1CCN(C(C)c2nc3ccccc3s2)CC1. The highest BCUT2D eigenvalue weighted by Crippen LogP contribution is 2.30. The van der Waals surface area contributed by atoms with Crippen molar-refractivity contribution in [1.82, 2.24) is 14.8 Å². The Labute approximate surface area is 169 Å². The van der Waals surface area contributed by atoms with Gasteiger partial charge in [-0.25, -0.2) is 4.98 Å². The first-order valence-corrected chi connectivity index (χ1v) is 10.6. The van der Waals surface area contributed by atoms with Crippen molar-refractivity contribution in [3.63, 3.8) is 0 Å². The van der Waals surface area contributed by atoms with Crippen LogP contribution < -0.4 is 4.74 Å². The van der Waals surface area contributed by atoms with E-state index in [2.05, 4.69) is 30.0 Å². The van der Waals surface area contributed by atoms with Gasteiger partial charge in [-0.3, -0.25) is 9.69 Å². The number of hydrogen-bond donors (Lipinski definition) is 0. The van der Waals surface area contributed by atoms with Crippen LogP contribution in [0, 0.1) is 0 Å². The molecule has 5 nitrogen and oxygen atoms in total. The minimum atomic E-state index is 0.0522. The van der Waals surface area contributed by atoms with E-state index in [-0.39, 0.29) is 11.9 Å². The van der Waals surface area contributed by atoms with Crippen molar-refractivity contribution in [3.8, 4) is 5.75 Å².